The summed E-state index contributed by atoms with van der Waals surface area (Å²) in [4.78, 5) is 17.9. The number of rotatable bonds is 2. The Morgan fingerprint density at radius 2 is 1.83 bits per heavy atom. The molecule has 12 heavy (non-hydrogen) atoms. The van der Waals surface area contributed by atoms with Crippen LogP contribution in [0.5, 0.6) is 0 Å². The molecule has 0 rings (SSSR count). The topological polar surface area (TPSA) is 78.2 Å². The molecule has 0 amide bonds. The number of carbonyl (C=O) groups excluding carboxylic acids is 1. The van der Waals surface area contributed by atoms with Crippen molar-refractivity contribution >= 4 is 23.9 Å². The Labute approximate surface area is 101 Å². The molecule has 4 nitrogen and oxygen atoms in total. The van der Waals surface area contributed by atoms with Crippen LogP contribution in [-0.2, 0) is 42.3 Å². The van der Waals surface area contributed by atoms with E-state index in [0.717, 1.165) is 11.8 Å². The Kier molecular flexibility index (Phi) is 16.6. The molecule has 0 fully saturated rings. The second-order valence-electron chi connectivity index (χ2n) is 1.90. The van der Waals surface area contributed by atoms with Crippen LogP contribution in [0.15, 0.2) is 0 Å². The maximum Gasteiger partial charge on any atom is 0.0768 e. The summed E-state index contributed by atoms with van der Waals surface area (Å²) in [5.41, 5.74) is 1.60. The standard InChI is InChI=1S/C5H6NOS.CHO2.Y/c1-5(2,3-6)8-4-7;2-1-3;/h1-2H3;(H,2,3);/q2*-1;. The molecule has 1 radical (unpaired) electrons. The number of aliphatic hydroxyl groups excluding tert-OH is 1. The maximum absolute atomic E-state index is 9.67. The van der Waals surface area contributed by atoms with Gasteiger partial charge in [0, 0.05) is 32.7 Å². The van der Waals surface area contributed by atoms with Crippen LogP contribution in [0, 0.1) is 11.3 Å². The summed E-state index contributed by atoms with van der Waals surface area (Å²) in [6.45, 7) is 3.84. The van der Waals surface area contributed by atoms with E-state index in [2.05, 4.69) is 0 Å². The van der Waals surface area contributed by atoms with Gasteiger partial charge in [0.25, 0.3) is 0 Å². The number of nitriles is 1. The summed E-state index contributed by atoms with van der Waals surface area (Å²) in [5, 5.41) is 15.0. The molecule has 0 unspecified atom stereocenters. The van der Waals surface area contributed by atoms with E-state index in [9.17, 15) is 4.79 Å². The van der Waals surface area contributed by atoms with E-state index in [4.69, 9.17) is 15.2 Å². The third-order valence-electron chi connectivity index (χ3n) is 0.566. The van der Waals surface area contributed by atoms with Gasteiger partial charge in [0.15, 0.2) is 0 Å². The van der Waals surface area contributed by atoms with Crippen LogP contribution < -0.4 is 0 Å². The van der Waals surface area contributed by atoms with Crippen LogP contribution >= 0.6 is 11.8 Å². The zero-order valence-corrected chi connectivity index (χ0v) is 10.4. The number of hydrogen-bond donors (Lipinski definition) is 1. The molecule has 0 aliphatic rings. The first-order chi connectivity index (χ1) is 5.04. The molecule has 0 aliphatic carbocycles. The van der Waals surface area contributed by atoms with E-state index >= 15 is 0 Å². The predicted molar refractivity (Wildman–Crippen MR) is 41.3 cm³/mol. The van der Waals surface area contributed by atoms with E-state index in [1.807, 2.05) is 6.07 Å². The van der Waals surface area contributed by atoms with Crippen LogP contribution in [-0.4, -0.2) is 21.9 Å². The van der Waals surface area contributed by atoms with E-state index in [1.165, 1.54) is 0 Å². The Bertz CT molecular complexity index is 167. The zero-order chi connectivity index (χ0) is 9.33. The molecule has 0 bridgehead atoms. The predicted octanol–water partition coefficient (Wildman–Crippen LogP) is 0.698. The second-order valence-corrected chi connectivity index (χ2v) is 3.29. The van der Waals surface area contributed by atoms with Gasteiger partial charge in [-0.15, -0.1) is 0 Å². The van der Waals surface area contributed by atoms with Crippen molar-refractivity contribution in [2.45, 2.75) is 18.6 Å². The second kappa shape index (κ2) is 11.1. The minimum atomic E-state index is -0.609. The van der Waals surface area contributed by atoms with Gasteiger partial charge >= 0.3 is 0 Å². The Balaban J connectivity index is -0.000000177. The largest absolute Gasteiger partial charge is 0.665 e. The molecule has 0 saturated carbocycles. The van der Waals surface area contributed by atoms with Crippen LogP contribution in [0.1, 0.15) is 13.8 Å². The summed E-state index contributed by atoms with van der Waals surface area (Å²) in [6, 6.07) is 1.94. The van der Waals surface area contributed by atoms with Gasteiger partial charge in [-0.2, -0.15) is 10.9 Å². The van der Waals surface area contributed by atoms with Crippen molar-refractivity contribution in [3.63, 3.8) is 0 Å². The average Bonchev–Trinajstić information content (AvgIpc) is 1.90. The molecule has 0 atom stereocenters. The molecule has 0 spiro atoms. The fourth-order valence-electron chi connectivity index (χ4n) is 0.127. The van der Waals surface area contributed by atoms with Gasteiger partial charge < -0.3 is 14.7 Å². The maximum atomic E-state index is 9.67. The summed E-state index contributed by atoms with van der Waals surface area (Å²) >= 11 is 0.867. The molecule has 0 saturated heterocycles. The summed E-state index contributed by atoms with van der Waals surface area (Å²) < 4.78 is -0.609. The van der Waals surface area contributed by atoms with Gasteiger partial charge in [-0.1, -0.05) is 6.47 Å². The quantitative estimate of drug-likeness (QED) is 0.741. The first-order valence-corrected chi connectivity index (χ1v) is 3.33. The third kappa shape index (κ3) is 16.6. The van der Waals surface area contributed by atoms with Crippen molar-refractivity contribution in [2.75, 3.05) is 0 Å². The van der Waals surface area contributed by atoms with E-state index in [-0.39, 0.29) is 32.7 Å². The summed E-state index contributed by atoms with van der Waals surface area (Å²) in [7, 11) is 0. The van der Waals surface area contributed by atoms with Crippen molar-refractivity contribution in [3.05, 3.63) is 0 Å². The number of nitrogens with zero attached hydrogens (tertiary/aromatic N) is 1. The first kappa shape index (κ1) is 18.0. The molecule has 1 N–H and O–H groups in total. The van der Waals surface area contributed by atoms with Crippen molar-refractivity contribution in [1.29, 1.82) is 5.26 Å². The van der Waals surface area contributed by atoms with Crippen molar-refractivity contribution < 1.29 is 47.4 Å². The van der Waals surface area contributed by atoms with Crippen molar-refractivity contribution in [3.8, 4) is 6.07 Å². The fourth-order valence-corrected chi connectivity index (χ4v) is 0.381. The fraction of sp³-hybridized carbons (Fsp3) is 0.500. The Morgan fingerprint density at radius 3 is 1.92 bits per heavy atom. The van der Waals surface area contributed by atoms with Crippen LogP contribution in [0.4, 0.5) is 0 Å². The monoisotopic (exact) mass is 262 g/mol. The Hall–Kier alpha value is 0.0839. The van der Waals surface area contributed by atoms with Gasteiger partial charge in [-0.25, -0.2) is 0 Å². The average molecular weight is 262 g/mol. The van der Waals surface area contributed by atoms with Gasteiger partial charge in [-0.05, 0) is 13.8 Å². The number of hydrogen-bond acceptors (Lipinski definition) is 4. The molecule has 6 heteroatoms. The van der Waals surface area contributed by atoms with Crippen molar-refractivity contribution in [2.24, 2.45) is 0 Å². The van der Waals surface area contributed by atoms with E-state index in [0.29, 0.717) is 6.47 Å². The van der Waals surface area contributed by atoms with Gasteiger partial charge in [-0.3, -0.25) is 11.8 Å². The first-order valence-electron chi connectivity index (χ1n) is 2.51. The zero-order valence-electron chi connectivity index (χ0n) is 6.70. The van der Waals surface area contributed by atoms with Gasteiger partial charge in [0.2, 0.25) is 0 Å². The molecular weight excluding hydrogens is 255 g/mol. The van der Waals surface area contributed by atoms with Crippen molar-refractivity contribution in [1.82, 2.24) is 0 Å². The molecule has 0 aromatic carbocycles. The SMILES string of the molecule is CC(C)(C#N)S[C-]=O.O=[C-]O.[Y]. The molecule has 0 aromatic heterocycles. The molecule has 0 heterocycles. The molecule has 0 aliphatic heterocycles. The van der Waals surface area contributed by atoms with E-state index < -0.39 is 4.75 Å². The van der Waals surface area contributed by atoms with Gasteiger partial charge in [0.05, 0.1) is 10.8 Å². The normalized spacial score (nSPS) is 7.75. The molecule has 0 aromatic rings. The van der Waals surface area contributed by atoms with Crippen LogP contribution in [0.2, 0.25) is 0 Å². The van der Waals surface area contributed by atoms with E-state index in [1.54, 1.807) is 19.5 Å². The minimum Gasteiger partial charge on any atom is -0.665 e. The third-order valence-corrected chi connectivity index (χ3v) is 1.25. The molecule has 65 valence electrons. The summed E-state index contributed by atoms with van der Waals surface area (Å²) in [5.74, 6) is 0. The molecular formula is C6H7NO3SY-2. The number of thioether (sulfide) groups is 1. The minimum absolute atomic E-state index is 0. The van der Waals surface area contributed by atoms with Crippen LogP contribution in [0.25, 0.3) is 0 Å². The van der Waals surface area contributed by atoms with Gasteiger partial charge in [0.1, 0.15) is 0 Å². The summed E-state index contributed by atoms with van der Waals surface area (Å²) in [6.07, 6.45) is 0. The Morgan fingerprint density at radius 1 is 1.50 bits per heavy atom. The van der Waals surface area contributed by atoms with Crippen LogP contribution in [0.3, 0.4) is 0 Å². The smallest absolute Gasteiger partial charge is 0.0768 e.